The molecule has 7 nitrogen and oxygen atoms in total. The fourth-order valence-electron chi connectivity index (χ4n) is 2.95. The largest absolute Gasteiger partial charge is 0.494 e. The van der Waals surface area contributed by atoms with E-state index < -0.39 is 18.3 Å². The maximum Gasteiger partial charge on any atom is 0.494 e. The molecular formula is C22H28BN3O4. The van der Waals surface area contributed by atoms with E-state index in [1.54, 1.807) is 50.5 Å². The van der Waals surface area contributed by atoms with Gasteiger partial charge in [-0.2, -0.15) is 0 Å². The second-order valence-corrected chi connectivity index (χ2v) is 8.57. The van der Waals surface area contributed by atoms with Gasteiger partial charge in [0.2, 0.25) is 0 Å². The molecule has 8 heteroatoms. The number of carbonyl (C=O) groups is 2. The van der Waals surface area contributed by atoms with Gasteiger partial charge >= 0.3 is 13.1 Å². The predicted molar refractivity (Wildman–Crippen MR) is 119 cm³/mol. The molecule has 1 saturated heterocycles. The van der Waals surface area contributed by atoms with Gasteiger partial charge < -0.3 is 24.8 Å². The molecule has 2 N–H and O–H groups in total. The monoisotopic (exact) mass is 409 g/mol. The Morgan fingerprint density at radius 2 is 1.23 bits per heavy atom. The van der Waals surface area contributed by atoms with E-state index in [2.05, 4.69) is 10.6 Å². The minimum Gasteiger partial charge on any atom is -0.399 e. The molecule has 30 heavy (non-hydrogen) atoms. The van der Waals surface area contributed by atoms with Gasteiger partial charge in [0.15, 0.2) is 0 Å². The first kappa shape index (κ1) is 21.9. The third-order valence-corrected chi connectivity index (χ3v) is 5.49. The minimum atomic E-state index is -0.443. The van der Waals surface area contributed by atoms with Crippen LogP contribution in [0.4, 0.5) is 16.2 Å². The highest BCUT2D eigenvalue weighted by Gasteiger charge is 2.51. The Morgan fingerprint density at radius 1 is 0.800 bits per heavy atom. The van der Waals surface area contributed by atoms with Crippen molar-refractivity contribution in [3.63, 3.8) is 0 Å². The molecule has 1 heterocycles. The van der Waals surface area contributed by atoms with E-state index in [9.17, 15) is 9.59 Å². The summed E-state index contributed by atoms with van der Waals surface area (Å²) < 4.78 is 12.1. The number of nitrogens with one attached hydrogen (secondary N) is 2. The number of nitrogens with zero attached hydrogens (tertiary/aromatic N) is 1. The van der Waals surface area contributed by atoms with Gasteiger partial charge in [0, 0.05) is 31.0 Å². The molecule has 1 fully saturated rings. The summed E-state index contributed by atoms with van der Waals surface area (Å²) in [5.74, 6) is -0.0897. The number of hydrogen-bond donors (Lipinski definition) is 2. The van der Waals surface area contributed by atoms with E-state index in [0.29, 0.717) is 16.9 Å². The van der Waals surface area contributed by atoms with Crippen LogP contribution in [0.25, 0.3) is 0 Å². The van der Waals surface area contributed by atoms with Crippen molar-refractivity contribution in [2.24, 2.45) is 0 Å². The first-order valence-corrected chi connectivity index (χ1v) is 9.84. The Balaban J connectivity index is 1.58. The predicted octanol–water partition coefficient (Wildman–Crippen LogP) is 3.33. The minimum absolute atomic E-state index is 0.0897. The molecule has 0 unspecified atom stereocenters. The average Bonchev–Trinajstić information content (AvgIpc) is 2.89. The van der Waals surface area contributed by atoms with Crippen LogP contribution in [0.15, 0.2) is 48.5 Å². The highest BCUT2D eigenvalue weighted by Crippen LogP contribution is 2.36. The normalized spacial score (nSPS) is 16.8. The average molecular weight is 409 g/mol. The molecule has 0 radical (unpaired) electrons. The van der Waals surface area contributed by atoms with Crippen LogP contribution in [0, 0.1) is 0 Å². The second kappa shape index (κ2) is 8.12. The Hall–Kier alpha value is -2.84. The third kappa shape index (κ3) is 4.66. The Kier molecular flexibility index (Phi) is 5.92. The van der Waals surface area contributed by atoms with E-state index in [1.165, 1.54) is 4.90 Å². The first-order valence-electron chi connectivity index (χ1n) is 9.84. The van der Waals surface area contributed by atoms with Crippen LogP contribution >= 0.6 is 0 Å². The highest BCUT2D eigenvalue weighted by molar-refractivity contribution is 6.62. The fourth-order valence-corrected chi connectivity index (χ4v) is 2.95. The zero-order valence-corrected chi connectivity index (χ0v) is 18.3. The van der Waals surface area contributed by atoms with Crippen molar-refractivity contribution in [3.8, 4) is 0 Å². The Labute approximate surface area is 177 Å². The fraction of sp³-hybridized carbons (Fsp3) is 0.364. The van der Waals surface area contributed by atoms with Crippen molar-refractivity contribution in [1.29, 1.82) is 0 Å². The van der Waals surface area contributed by atoms with Crippen molar-refractivity contribution >= 4 is 35.9 Å². The molecular weight excluding hydrogens is 381 g/mol. The molecule has 0 bridgehead atoms. The van der Waals surface area contributed by atoms with Crippen LogP contribution in [0.2, 0.25) is 0 Å². The van der Waals surface area contributed by atoms with E-state index in [0.717, 1.165) is 5.46 Å². The van der Waals surface area contributed by atoms with Crippen molar-refractivity contribution in [3.05, 3.63) is 54.1 Å². The summed E-state index contributed by atoms with van der Waals surface area (Å²) in [6.45, 7) is 8.04. The van der Waals surface area contributed by atoms with Gasteiger partial charge in [-0.25, -0.2) is 4.79 Å². The molecule has 0 saturated carbocycles. The van der Waals surface area contributed by atoms with Crippen molar-refractivity contribution < 1.29 is 18.9 Å². The van der Waals surface area contributed by atoms with Crippen LogP contribution < -0.4 is 16.1 Å². The van der Waals surface area contributed by atoms with E-state index >= 15 is 0 Å². The number of hydrogen-bond acceptors (Lipinski definition) is 4. The van der Waals surface area contributed by atoms with Crippen LogP contribution in [-0.2, 0) is 9.31 Å². The number of urea groups is 1. The van der Waals surface area contributed by atoms with Crippen molar-refractivity contribution in [1.82, 2.24) is 4.90 Å². The SMILES string of the molecule is CN(C)C(=O)c1ccc(NC(=O)Nc2ccc(B3OC(C)(C)C(C)(C)O3)cc2)cc1. The smallest absolute Gasteiger partial charge is 0.399 e. The van der Waals surface area contributed by atoms with Crippen molar-refractivity contribution in [2.45, 2.75) is 38.9 Å². The lowest BCUT2D eigenvalue weighted by Gasteiger charge is -2.32. The zero-order valence-electron chi connectivity index (χ0n) is 18.3. The molecule has 2 aromatic carbocycles. The summed E-state index contributed by atoms with van der Waals surface area (Å²) in [6, 6.07) is 13.7. The molecule has 1 aliphatic heterocycles. The number of amides is 3. The summed E-state index contributed by atoms with van der Waals surface area (Å²) in [5, 5.41) is 5.54. The Morgan fingerprint density at radius 3 is 1.67 bits per heavy atom. The molecule has 158 valence electrons. The number of benzene rings is 2. The summed E-state index contributed by atoms with van der Waals surface area (Å²) in [4.78, 5) is 25.7. The summed E-state index contributed by atoms with van der Waals surface area (Å²) in [5.41, 5.74) is 1.89. The number of carbonyl (C=O) groups excluding carboxylic acids is 2. The summed E-state index contributed by atoms with van der Waals surface area (Å²) in [6.07, 6.45) is 0. The lowest BCUT2D eigenvalue weighted by atomic mass is 9.79. The summed E-state index contributed by atoms with van der Waals surface area (Å²) in [7, 11) is 2.95. The van der Waals surface area contributed by atoms with Gasteiger partial charge in [0.25, 0.3) is 5.91 Å². The molecule has 3 rings (SSSR count). The number of anilines is 2. The summed E-state index contributed by atoms with van der Waals surface area (Å²) >= 11 is 0. The third-order valence-electron chi connectivity index (χ3n) is 5.49. The maximum atomic E-state index is 12.3. The van der Waals surface area contributed by atoms with Crippen LogP contribution in [0.3, 0.4) is 0 Å². The number of rotatable bonds is 4. The van der Waals surface area contributed by atoms with Gasteiger partial charge in [-0.3, -0.25) is 4.79 Å². The van der Waals surface area contributed by atoms with Crippen molar-refractivity contribution in [2.75, 3.05) is 24.7 Å². The van der Waals surface area contributed by atoms with Gasteiger partial charge in [0.05, 0.1) is 11.2 Å². The molecule has 2 aromatic rings. The molecule has 3 amide bonds. The van der Waals surface area contributed by atoms with E-state index in [4.69, 9.17) is 9.31 Å². The molecule has 1 aliphatic rings. The first-order chi connectivity index (χ1) is 14.0. The molecule has 0 atom stereocenters. The molecule has 0 spiro atoms. The zero-order chi connectivity index (χ0) is 22.1. The Bertz CT molecular complexity index is 908. The second-order valence-electron chi connectivity index (χ2n) is 8.57. The molecule has 0 aromatic heterocycles. The highest BCUT2D eigenvalue weighted by atomic mass is 16.7. The quantitative estimate of drug-likeness (QED) is 0.760. The maximum absolute atomic E-state index is 12.3. The van der Waals surface area contributed by atoms with Crippen LogP contribution in [0.5, 0.6) is 0 Å². The van der Waals surface area contributed by atoms with Gasteiger partial charge in [-0.05, 0) is 69.6 Å². The van der Waals surface area contributed by atoms with E-state index in [-0.39, 0.29) is 11.9 Å². The van der Waals surface area contributed by atoms with Gasteiger partial charge in [-0.15, -0.1) is 0 Å². The van der Waals surface area contributed by atoms with Crippen LogP contribution in [0.1, 0.15) is 38.1 Å². The standard InChI is InChI=1S/C22H28BN3O4/c1-21(2)22(3,4)30-23(29-21)16-9-13-18(14-10-16)25-20(28)24-17-11-7-15(8-12-17)19(27)26(5)6/h7-14H,1-6H3,(H2,24,25,28). The lowest BCUT2D eigenvalue weighted by Crippen LogP contribution is -2.41. The van der Waals surface area contributed by atoms with Gasteiger partial charge in [0.1, 0.15) is 0 Å². The molecule has 0 aliphatic carbocycles. The lowest BCUT2D eigenvalue weighted by molar-refractivity contribution is 0.00578. The van der Waals surface area contributed by atoms with Gasteiger partial charge in [-0.1, -0.05) is 12.1 Å². The topological polar surface area (TPSA) is 79.9 Å². The van der Waals surface area contributed by atoms with Crippen LogP contribution in [-0.4, -0.2) is 49.3 Å². The van der Waals surface area contributed by atoms with E-state index in [1.807, 2.05) is 39.8 Å².